The van der Waals surface area contributed by atoms with Crippen LogP contribution in [-0.4, -0.2) is 101 Å². The summed E-state index contributed by atoms with van der Waals surface area (Å²) in [5.41, 5.74) is 4.37. The molecule has 0 radical (unpaired) electrons. The second-order valence-corrected chi connectivity index (χ2v) is 12.8. The molecule has 0 spiro atoms. The topological polar surface area (TPSA) is 78.2 Å². The molecule has 6 rings (SSSR count). The summed E-state index contributed by atoms with van der Waals surface area (Å²) in [6.07, 6.45) is 0.576. The van der Waals surface area contributed by atoms with Crippen molar-refractivity contribution in [1.82, 2.24) is 29.7 Å². The van der Waals surface area contributed by atoms with E-state index in [1.54, 1.807) is 12.1 Å². The minimum Gasteiger partial charge on any atom is -0.379 e. The summed E-state index contributed by atoms with van der Waals surface area (Å²) in [6, 6.07) is 9.63. The molecule has 41 heavy (non-hydrogen) atoms. The largest absolute Gasteiger partial charge is 0.379 e. The number of ether oxygens (including phenoxy) is 1. The van der Waals surface area contributed by atoms with Gasteiger partial charge in [-0.1, -0.05) is 26.0 Å². The molecule has 0 bridgehead atoms. The fourth-order valence-corrected chi connectivity index (χ4v) is 6.72. The predicted molar refractivity (Wildman–Crippen MR) is 157 cm³/mol. The molecular weight excluding hydrogens is 521 g/mol. The van der Waals surface area contributed by atoms with Crippen molar-refractivity contribution in [2.24, 2.45) is 0 Å². The van der Waals surface area contributed by atoms with Crippen molar-refractivity contribution in [2.75, 3.05) is 57.4 Å². The number of aryl methyl sites for hydroxylation is 1. The van der Waals surface area contributed by atoms with Crippen LogP contribution in [0.25, 0.3) is 5.65 Å². The number of piperazine rings is 1. The molecule has 2 aromatic heterocycles. The van der Waals surface area contributed by atoms with Gasteiger partial charge in [0.25, 0.3) is 0 Å². The van der Waals surface area contributed by atoms with Crippen LogP contribution in [0.3, 0.4) is 0 Å². The molecule has 3 aromatic rings. The number of rotatable bonds is 6. The van der Waals surface area contributed by atoms with Gasteiger partial charge in [-0.25, -0.2) is 13.9 Å². The van der Waals surface area contributed by atoms with Crippen molar-refractivity contribution in [1.29, 1.82) is 0 Å². The van der Waals surface area contributed by atoms with E-state index in [0.717, 1.165) is 67.5 Å². The van der Waals surface area contributed by atoms with Gasteiger partial charge in [-0.3, -0.25) is 14.6 Å². The Morgan fingerprint density at radius 1 is 1.20 bits per heavy atom. The Labute approximate surface area is 241 Å². The Kier molecular flexibility index (Phi) is 7.61. The summed E-state index contributed by atoms with van der Waals surface area (Å²) in [6.45, 7) is 16.6. The average Bonchev–Trinajstić information content (AvgIpc) is 3.44. The summed E-state index contributed by atoms with van der Waals surface area (Å²) in [5, 5.41) is 8.40. The number of amides is 1. The van der Waals surface area contributed by atoms with E-state index in [0.29, 0.717) is 37.4 Å². The number of nitrogens with zero attached hydrogens (tertiary/aromatic N) is 6. The Hall–Kier alpha value is -2.92. The quantitative estimate of drug-likeness (QED) is 0.494. The molecular formula is C31H42FN7O2. The smallest absolute Gasteiger partial charge is 0.241 e. The number of benzene rings is 1. The lowest BCUT2D eigenvalue weighted by Crippen LogP contribution is -2.62. The van der Waals surface area contributed by atoms with Gasteiger partial charge < -0.3 is 15.0 Å². The number of pyridine rings is 1. The average molecular weight is 564 g/mol. The summed E-state index contributed by atoms with van der Waals surface area (Å²) in [7, 11) is 0. The number of carbonyl (C=O) groups excluding carboxylic acids is 1. The van der Waals surface area contributed by atoms with Crippen LogP contribution in [0.2, 0.25) is 0 Å². The van der Waals surface area contributed by atoms with Gasteiger partial charge in [0.15, 0.2) is 5.65 Å². The van der Waals surface area contributed by atoms with Gasteiger partial charge in [-0.2, -0.15) is 5.10 Å². The molecule has 0 unspecified atom stereocenters. The van der Waals surface area contributed by atoms with Crippen LogP contribution in [0.15, 0.2) is 30.3 Å². The van der Waals surface area contributed by atoms with E-state index in [4.69, 9.17) is 14.8 Å². The molecule has 220 valence electrons. The van der Waals surface area contributed by atoms with Crippen LogP contribution in [0.4, 0.5) is 10.1 Å². The van der Waals surface area contributed by atoms with Crippen LogP contribution in [0.5, 0.6) is 0 Å². The van der Waals surface area contributed by atoms with Crippen LogP contribution < -0.4 is 10.2 Å². The molecule has 2 saturated heterocycles. The first-order chi connectivity index (χ1) is 19.6. The lowest BCUT2D eigenvalue weighted by Gasteiger charge is -2.43. The third kappa shape index (κ3) is 5.62. The molecule has 3 atom stereocenters. The van der Waals surface area contributed by atoms with Gasteiger partial charge >= 0.3 is 0 Å². The molecule has 3 aliphatic heterocycles. The molecule has 1 N–H and O–H groups in total. The number of morpholine rings is 1. The highest BCUT2D eigenvalue weighted by atomic mass is 19.1. The van der Waals surface area contributed by atoms with Crippen LogP contribution in [0, 0.1) is 12.7 Å². The second-order valence-electron chi connectivity index (χ2n) is 12.8. The molecule has 5 heterocycles. The number of anilines is 1. The van der Waals surface area contributed by atoms with Crippen LogP contribution in [0.1, 0.15) is 50.3 Å². The Balaban J connectivity index is 1.30. The molecule has 0 aliphatic carbocycles. The Bertz CT molecular complexity index is 1420. The van der Waals surface area contributed by atoms with Gasteiger partial charge in [0.05, 0.1) is 31.1 Å². The van der Waals surface area contributed by atoms with E-state index in [2.05, 4.69) is 48.9 Å². The zero-order valence-electron chi connectivity index (χ0n) is 24.9. The zero-order valence-corrected chi connectivity index (χ0v) is 24.9. The number of carbonyl (C=O) groups is 1. The van der Waals surface area contributed by atoms with Crippen molar-refractivity contribution in [3.8, 4) is 0 Å². The molecule has 9 nitrogen and oxygen atoms in total. The third-order valence-electron chi connectivity index (χ3n) is 8.88. The molecule has 3 aliphatic rings. The summed E-state index contributed by atoms with van der Waals surface area (Å²) in [5.74, 6) is 0.539. The van der Waals surface area contributed by atoms with Crippen molar-refractivity contribution in [3.63, 3.8) is 0 Å². The molecule has 10 heteroatoms. The molecule has 0 saturated carbocycles. The molecule has 1 aromatic carbocycles. The SMILES string of the molecule is Cc1nc2c(Cc3ccc(F)cc3)cc3c(n2n1)C(C)(C)CN3C(=O)CN1C[C@@H](C)NC[C@@H]1CN1CCOC[C@H]1C. The third-order valence-corrected chi connectivity index (χ3v) is 8.88. The van der Waals surface area contributed by atoms with Gasteiger partial charge in [-0.05, 0) is 44.5 Å². The van der Waals surface area contributed by atoms with Gasteiger partial charge in [0.1, 0.15) is 11.6 Å². The highest BCUT2D eigenvalue weighted by Gasteiger charge is 2.42. The molecule has 2 fully saturated rings. The van der Waals surface area contributed by atoms with Gasteiger partial charge in [-0.15, -0.1) is 0 Å². The maximum atomic E-state index is 14.2. The van der Waals surface area contributed by atoms with Gasteiger partial charge in [0.2, 0.25) is 5.91 Å². The Morgan fingerprint density at radius 3 is 2.73 bits per heavy atom. The highest BCUT2D eigenvalue weighted by Crippen LogP contribution is 2.42. The van der Waals surface area contributed by atoms with Crippen molar-refractivity contribution in [3.05, 3.63) is 58.8 Å². The molecule has 1 amide bonds. The normalized spacial score (nSPS) is 25.1. The van der Waals surface area contributed by atoms with E-state index >= 15 is 0 Å². The van der Waals surface area contributed by atoms with E-state index in [1.807, 2.05) is 16.3 Å². The lowest BCUT2D eigenvalue weighted by atomic mass is 9.90. The number of aromatic nitrogens is 3. The number of fused-ring (bicyclic) bond motifs is 3. The summed E-state index contributed by atoms with van der Waals surface area (Å²) < 4.78 is 21.2. The van der Waals surface area contributed by atoms with Crippen molar-refractivity contribution >= 4 is 17.2 Å². The maximum Gasteiger partial charge on any atom is 0.241 e. The highest BCUT2D eigenvalue weighted by molar-refractivity contribution is 5.97. The second kappa shape index (κ2) is 11.1. The van der Waals surface area contributed by atoms with Crippen molar-refractivity contribution < 1.29 is 13.9 Å². The first-order valence-electron chi connectivity index (χ1n) is 14.8. The number of hydrogen-bond donors (Lipinski definition) is 1. The summed E-state index contributed by atoms with van der Waals surface area (Å²) in [4.78, 5) is 25.7. The standard InChI is InChI=1S/C31H42FN7O2/c1-20-15-37(26(14-33-20)16-36-10-11-41-18-21(36)2)17-28(40)38-19-31(4,5)29-27(38)13-24(30-34-22(3)35-39(29)30)12-23-6-8-25(32)9-7-23/h6-9,13,20-21,26,33H,10-12,14-19H2,1-5H3/t20-,21-,26-/m1/s1. The first-order valence-corrected chi connectivity index (χ1v) is 14.8. The monoisotopic (exact) mass is 563 g/mol. The Morgan fingerprint density at radius 2 is 1.98 bits per heavy atom. The van der Waals surface area contributed by atoms with Gasteiger partial charge in [0, 0.05) is 68.2 Å². The zero-order chi connectivity index (χ0) is 28.9. The van der Waals surface area contributed by atoms with E-state index in [1.165, 1.54) is 12.1 Å². The minimum absolute atomic E-state index is 0.106. The van der Waals surface area contributed by atoms with Crippen LogP contribution >= 0.6 is 0 Å². The lowest BCUT2D eigenvalue weighted by molar-refractivity contribution is -0.121. The fourth-order valence-electron chi connectivity index (χ4n) is 6.72. The fraction of sp³-hybridized carbons (Fsp3) is 0.581. The maximum absolute atomic E-state index is 14.2. The van der Waals surface area contributed by atoms with Crippen molar-refractivity contribution in [2.45, 2.75) is 64.6 Å². The van der Waals surface area contributed by atoms with E-state index < -0.39 is 0 Å². The first kappa shape index (κ1) is 28.2. The van der Waals surface area contributed by atoms with Crippen LogP contribution in [-0.2, 0) is 21.4 Å². The summed E-state index contributed by atoms with van der Waals surface area (Å²) >= 11 is 0. The number of halogens is 1. The minimum atomic E-state index is -0.294. The number of nitrogens with one attached hydrogen (secondary N) is 1. The van der Waals surface area contributed by atoms with E-state index in [9.17, 15) is 9.18 Å². The van der Waals surface area contributed by atoms with E-state index in [-0.39, 0.29) is 23.2 Å². The number of hydrogen-bond acceptors (Lipinski definition) is 7. The predicted octanol–water partition coefficient (Wildman–Crippen LogP) is 2.77.